The van der Waals surface area contributed by atoms with E-state index in [1.165, 1.54) is 3.57 Å². The van der Waals surface area contributed by atoms with Gasteiger partial charge in [-0.05, 0) is 46.5 Å². The van der Waals surface area contributed by atoms with Crippen molar-refractivity contribution >= 4 is 33.4 Å². The van der Waals surface area contributed by atoms with Gasteiger partial charge in [-0.25, -0.2) is 0 Å². The predicted molar refractivity (Wildman–Crippen MR) is 63.1 cm³/mol. The lowest BCUT2D eigenvalue weighted by atomic mass is 10.1. The summed E-state index contributed by atoms with van der Waals surface area (Å²) in [6.07, 6.45) is 0. The first kappa shape index (κ1) is 8.81. The molecule has 13 heavy (non-hydrogen) atoms. The second kappa shape index (κ2) is 3.18. The molecule has 1 nitrogen and oxygen atoms in total. The molecule has 2 heteroatoms. The van der Waals surface area contributed by atoms with Gasteiger partial charge in [0, 0.05) is 8.96 Å². The van der Waals surface area contributed by atoms with E-state index >= 15 is 0 Å². The van der Waals surface area contributed by atoms with Crippen molar-refractivity contribution in [2.45, 2.75) is 6.92 Å². The van der Waals surface area contributed by atoms with Crippen LogP contribution in [0.1, 0.15) is 5.56 Å². The Morgan fingerprint density at radius 3 is 2.46 bits per heavy atom. The molecule has 0 aliphatic carbocycles. The molecule has 2 aromatic carbocycles. The molecule has 0 saturated heterocycles. The third-order valence-corrected chi connectivity index (χ3v) is 3.57. The molecule has 1 N–H and O–H groups in total. The second-order valence-electron chi connectivity index (χ2n) is 3.07. The van der Waals surface area contributed by atoms with E-state index in [0.717, 1.165) is 16.3 Å². The molecule has 0 aliphatic rings. The van der Waals surface area contributed by atoms with Crippen molar-refractivity contribution in [2.24, 2.45) is 0 Å². The van der Waals surface area contributed by atoms with Crippen LogP contribution in [0.3, 0.4) is 0 Å². The van der Waals surface area contributed by atoms with Crippen LogP contribution < -0.4 is 0 Å². The van der Waals surface area contributed by atoms with Gasteiger partial charge in [-0.2, -0.15) is 0 Å². The largest absolute Gasteiger partial charge is 0.507 e. The summed E-state index contributed by atoms with van der Waals surface area (Å²) in [7, 11) is 0. The topological polar surface area (TPSA) is 20.2 Å². The number of hydrogen-bond donors (Lipinski definition) is 1. The monoisotopic (exact) mass is 284 g/mol. The third kappa shape index (κ3) is 1.39. The van der Waals surface area contributed by atoms with Crippen LogP contribution in [0.15, 0.2) is 30.3 Å². The molecule has 0 spiro atoms. The fourth-order valence-electron chi connectivity index (χ4n) is 1.46. The van der Waals surface area contributed by atoms with E-state index in [1.54, 1.807) is 0 Å². The van der Waals surface area contributed by atoms with Gasteiger partial charge in [0.05, 0.1) is 0 Å². The minimum absolute atomic E-state index is 0.369. The number of aryl methyl sites for hydroxylation is 1. The number of phenols is 1. The molecule has 0 saturated carbocycles. The lowest BCUT2D eigenvalue weighted by Gasteiger charge is -2.05. The Kier molecular flexibility index (Phi) is 2.15. The molecule has 0 radical (unpaired) electrons. The van der Waals surface area contributed by atoms with Crippen LogP contribution in [0.25, 0.3) is 10.8 Å². The number of fused-ring (bicyclic) bond motifs is 1. The first-order chi connectivity index (χ1) is 6.20. The number of benzene rings is 2. The average molecular weight is 284 g/mol. The van der Waals surface area contributed by atoms with Gasteiger partial charge in [-0.1, -0.05) is 24.3 Å². The lowest BCUT2D eigenvalue weighted by molar-refractivity contribution is 0.481. The van der Waals surface area contributed by atoms with Gasteiger partial charge in [0.2, 0.25) is 0 Å². The Hall–Kier alpha value is -0.770. The summed E-state index contributed by atoms with van der Waals surface area (Å²) in [4.78, 5) is 0. The van der Waals surface area contributed by atoms with E-state index in [0.29, 0.717) is 5.75 Å². The normalized spacial score (nSPS) is 10.6. The highest BCUT2D eigenvalue weighted by atomic mass is 127. The van der Waals surface area contributed by atoms with Gasteiger partial charge in [0.1, 0.15) is 5.75 Å². The number of aromatic hydroxyl groups is 1. The zero-order valence-corrected chi connectivity index (χ0v) is 9.37. The zero-order chi connectivity index (χ0) is 9.42. The summed E-state index contributed by atoms with van der Waals surface area (Å²) < 4.78 is 1.21. The Morgan fingerprint density at radius 1 is 1.15 bits per heavy atom. The number of halogens is 1. The first-order valence-electron chi connectivity index (χ1n) is 4.07. The van der Waals surface area contributed by atoms with Gasteiger partial charge in [-0.3, -0.25) is 0 Å². The summed E-state index contributed by atoms with van der Waals surface area (Å²) in [5, 5.41) is 11.7. The molecule has 0 aliphatic heterocycles. The number of rotatable bonds is 0. The highest BCUT2D eigenvalue weighted by Gasteiger charge is 2.05. The molecule has 0 unspecified atom stereocenters. The molecular weight excluding hydrogens is 275 g/mol. The smallest absolute Gasteiger partial charge is 0.123 e. The van der Waals surface area contributed by atoms with Crippen molar-refractivity contribution in [3.63, 3.8) is 0 Å². The van der Waals surface area contributed by atoms with Gasteiger partial charge in [-0.15, -0.1) is 0 Å². The molecule has 66 valence electrons. The van der Waals surface area contributed by atoms with Crippen molar-refractivity contribution in [1.29, 1.82) is 0 Å². The maximum atomic E-state index is 9.67. The van der Waals surface area contributed by atoms with Crippen molar-refractivity contribution in [1.82, 2.24) is 0 Å². The Balaban J connectivity index is 2.97. The summed E-state index contributed by atoms with van der Waals surface area (Å²) in [6.45, 7) is 2.01. The van der Waals surface area contributed by atoms with Crippen LogP contribution in [0, 0.1) is 10.5 Å². The van der Waals surface area contributed by atoms with E-state index in [1.807, 2.05) is 37.3 Å². The van der Waals surface area contributed by atoms with Gasteiger partial charge < -0.3 is 5.11 Å². The molecule has 0 fully saturated rings. The van der Waals surface area contributed by atoms with E-state index < -0.39 is 0 Å². The van der Waals surface area contributed by atoms with E-state index in [-0.39, 0.29) is 0 Å². The standard InChI is InChI=1S/C11H9IO/c1-7-6-10(13)8-4-2-3-5-9(8)11(7)12/h2-6,13H,1H3. The molecule has 0 bridgehead atoms. The van der Waals surface area contributed by atoms with E-state index in [9.17, 15) is 5.11 Å². The van der Waals surface area contributed by atoms with Crippen molar-refractivity contribution in [3.05, 3.63) is 39.5 Å². The van der Waals surface area contributed by atoms with Gasteiger partial charge >= 0.3 is 0 Å². The maximum absolute atomic E-state index is 9.67. The van der Waals surface area contributed by atoms with Gasteiger partial charge in [0.15, 0.2) is 0 Å². The zero-order valence-electron chi connectivity index (χ0n) is 7.21. The summed E-state index contributed by atoms with van der Waals surface area (Å²) >= 11 is 2.31. The highest BCUT2D eigenvalue weighted by molar-refractivity contribution is 14.1. The molecule has 2 rings (SSSR count). The van der Waals surface area contributed by atoms with Gasteiger partial charge in [0.25, 0.3) is 0 Å². The fourth-order valence-corrected chi connectivity index (χ4v) is 2.08. The second-order valence-corrected chi connectivity index (χ2v) is 4.15. The summed E-state index contributed by atoms with van der Waals surface area (Å²) in [6, 6.07) is 9.71. The molecule has 0 aromatic heterocycles. The molecular formula is C11H9IO. The number of hydrogen-bond acceptors (Lipinski definition) is 1. The van der Waals surface area contributed by atoms with E-state index in [4.69, 9.17) is 0 Å². The number of phenolic OH excluding ortho intramolecular Hbond substituents is 1. The Bertz CT molecular complexity index is 463. The molecule has 2 aromatic rings. The molecule has 0 amide bonds. The maximum Gasteiger partial charge on any atom is 0.123 e. The minimum atomic E-state index is 0.369. The van der Waals surface area contributed by atoms with Crippen molar-refractivity contribution in [2.75, 3.05) is 0 Å². The third-order valence-electron chi connectivity index (χ3n) is 2.14. The molecule has 0 heterocycles. The fraction of sp³-hybridized carbons (Fsp3) is 0.0909. The SMILES string of the molecule is Cc1cc(O)c2ccccc2c1I. The van der Waals surface area contributed by atoms with Crippen LogP contribution >= 0.6 is 22.6 Å². The lowest BCUT2D eigenvalue weighted by Crippen LogP contribution is -1.83. The average Bonchev–Trinajstić information content (AvgIpc) is 2.15. The van der Waals surface area contributed by atoms with Crippen LogP contribution in [0.4, 0.5) is 0 Å². The Morgan fingerprint density at radius 2 is 1.77 bits per heavy atom. The van der Waals surface area contributed by atoms with Crippen LogP contribution in [0.2, 0.25) is 0 Å². The van der Waals surface area contributed by atoms with Crippen LogP contribution in [0.5, 0.6) is 5.75 Å². The van der Waals surface area contributed by atoms with Crippen LogP contribution in [-0.2, 0) is 0 Å². The first-order valence-corrected chi connectivity index (χ1v) is 5.15. The summed E-state index contributed by atoms with van der Waals surface area (Å²) in [5.74, 6) is 0.369. The summed E-state index contributed by atoms with van der Waals surface area (Å²) in [5.41, 5.74) is 1.12. The minimum Gasteiger partial charge on any atom is -0.507 e. The predicted octanol–water partition coefficient (Wildman–Crippen LogP) is 3.46. The Labute approximate surface area is 90.5 Å². The molecule has 0 atom stereocenters. The van der Waals surface area contributed by atoms with Crippen molar-refractivity contribution in [3.8, 4) is 5.75 Å². The van der Waals surface area contributed by atoms with Crippen LogP contribution in [-0.4, -0.2) is 5.11 Å². The quantitative estimate of drug-likeness (QED) is 0.734. The van der Waals surface area contributed by atoms with Crippen molar-refractivity contribution < 1.29 is 5.11 Å². The highest BCUT2D eigenvalue weighted by Crippen LogP contribution is 2.30. The van der Waals surface area contributed by atoms with E-state index in [2.05, 4.69) is 22.6 Å².